The zero-order valence-electron chi connectivity index (χ0n) is 9.86. The van der Waals surface area contributed by atoms with Gasteiger partial charge in [-0.2, -0.15) is 5.10 Å². The number of rotatable bonds is 4. The van der Waals surface area contributed by atoms with Gasteiger partial charge in [-0.25, -0.2) is 0 Å². The fraction of sp³-hybridized carbons (Fsp3) is 0.231. The molecule has 0 atom stereocenters. The van der Waals surface area contributed by atoms with E-state index in [2.05, 4.69) is 34.6 Å². The van der Waals surface area contributed by atoms with Crippen molar-refractivity contribution < 1.29 is 4.79 Å². The van der Waals surface area contributed by atoms with Crippen molar-refractivity contribution in [3.05, 3.63) is 50.3 Å². The summed E-state index contributed by atoms with van der Waals surface area (Å²) in [4.78, 5) is 12.5. The van der Waals surface area contributed by atoms with E-state index in [4.69, 9.17) is 11.6 Å². The van der Waals surface area contributed by atoms with Crippen molar-refractivity contribution in [2.24, 2.45) is 0 Å². The number of aryl methyl sites for hydroxylation is 1. The van der Waals surface area contributed by atoms with Crippen molar-refractivity contribution in [3.8, 4) is 0 Å². The first-order valence-electron chi connectivity index (χ1n) is 5.65. The molecule has 1 heterocycles. The number of ketones is 1. The summed E-state index contributed by atoms with van der Waals surface area (Å²) in [5.41, 5.74) is 1.23. The van der Waals surface area contributed by atoms with Crippen LogP contribution in [0.2, 0.25) is 5.02 Å². The molecule has 0 spiro atoms. The van der Waals surface area contributed by atoms with Gasteiger partial charge in [0.1, 0.15) is 5.69 Å². The van der Waals surface area contributed by atoms with Crippen molar-refractivity contribution in [2.75, 3.05) is 0 Å². The number of hydrogen-bond acceptors (Lipinski definition) is 2. The summed E-state index contributed by atoms with van der Waals surface area (Å²) < 4.78 is 2.63. The zero-order chi connectivity index (χ0) is 13.1. The summed E-state index contributed by atoms with van der Waals surface area (Å²) in [5.74, 6) is -0.0344. The molecular formula is C13H12ClIN2O. The SMILES string of the molecule is CCCn1nccc1C(=O)c1cc(Cl)ccc1I. The summed E-state index contributed by atoms with van der Waals surface area (Å²) >= 11 is 8.09. The Balaban J connectivity index is 2.41. The molecule has 0 aliphatic carbocycles. The second-order valence-corrected chi connectivity index (χ2v) is 5.49. The Kier molecular flexibility index (Phi) is 4.40. The fourth-order valence-electron chi connectivity index (χ4n) is 1.73. The molecule has 0 aliphatic heterocycles. The van der Waals surface area contributed by atoms with Crippen LogP contribution in [0.25, 0.3) is 0 Å². The van der Waals surface area contributed by atoms with Gasteiger partial charge in [-0.05, 0) is 53.3 Å². The number of nitrogens with zero attached hydrogens (tertiary/aromatic N) is 2. The summed E-state index contributed by atoms with van der Waals surface area (Å²) in [7, 11) is 0. The van der Waals surface area contributed by atoms with E-state index in [-0.39, 0.29) is 5.78 Å². The van der Waals surface area contributed by atoms with Gasteiger partial charge in [-0.15, -0.1) is 0 Å². The average Bonchev–Trinajstić information content (AvgIpc) is 2.80. The average molecular weight is 375 g/mol. The number of hydrogen-bond donors (Lipinski definition) is 0. The smallest absolute Gasteiger partial charge is 0.212 e. The predicted molar refractivity (Wildman–Crippen MR) is 80.1 cm³/mol. The lowest BCUT2D eigenvalue weighted by Gasteiger charge is -2.07. The van der Waals surface area contributed by atoms with Crippen molar-refractivity contribution in [3.63, 3.8) is 0 Å². The molecule has 0 aliphatic rings. The topological polar surface area (TPSA) is 34.9 Å². The van der Waals surface area contributed by atoms with Crippen LogP contribution in [0.5, 0.6) is 0 Å². The zero-order valence-corrected chi connectivity index (χ0v) is 12.8. The molecule has 0 fully saturated rings. The highest BCUT2D eigenvalue weighted by Gasteiger charge is 2.17. The molecule has 0 bridgehead atoms. The van der Waals surface area contributed by atoms with Crippen LogP contribution in [-0.4, -0.2) is 15.6 Å². The maximum atomic E-state index is 12.5. The molecule has 2 aromatic rings. The summed E-state index contributed by atoms with van der Waals surface area (Å²) in [5, 5.41) is 4.73. The number of aromatic nitrogens is 2. The normalized spacial score (nSPS) is 10.6. The third-order valence-electron chi connectivity index (χ3n) is 2.56. The molecule has 0 saturated carbocycles. The van der Waals surface area contributed by atoms with E-state index in [1.54, 1.807) is 29.1 Å². The minimum atomic E-state index is -0.0344. The molecule has 0 amide bonds. The monoisotopic (exact) mass is 374 g/mol. The highest BCUT2D eigenvalue weighted by atomic mass is 127. The number of carbonyl (C=O) groups is 1. The van der Waals surface area contributed by atoms with E-state index >= 15 is 0 Å². The van der Waals surface area contributed by atoms with E-state index in [1.165, 1.54) is 0 Å². The first-order chi connectivity index (χ1) is 8.63. The van der Waals surface area contributed by atoms with Gasteiger partial charge in [0.05, 0.1) is 0 Å². The Hall–Kier alpha value is -0.880. The molecule has 2 rings (SSSR count). The van der Waals surface area contributed by atoms with Crippen LogP contribution in [0.3, 0.4) is 0 Å². The molecule has 0 unspecified atom stereocenters. The van der Waals surface area contributed by atoms with Crippen molar-refractivity contribution in [1.82, 2.24) is 9.78 Å². The molecule has 3 nitrogen and oxygen atoms in total. The van der Waals surface area contributed by atoms with Crippen LogP contribution < -0.4 is 0 Å². The molecule has 1 aromatic carbocycles. The Bertz CT molecular complexity index is 580. The molecule has 0 radical (unpaired) electrons. The van der Waals surface area contributed by atoms with Gasteiger partial charge in [0.2, 0.25) is 5.78 Å². The highest BCUT2D eigenvalue weighted by molar-refractivity contribution is 14.1. The van der Waals surface area contributed by atoms with Crippen LogP contribution in [-0.2, 0) is 6.54 Å². The van der Waals surface area contributed by atoms with Crippen LogP contribution in [0.4, 0.5) is 0 Å². The van der Waals surface area contributed by atoms with E-state index < -0.39 is 0 Å². The Morgan fingerprint density at radius 2 is 2.22 bits per heavy atom. The Morgan fingerprint density at radius 3 is 2.94 bits per heavy atom. The van der Waals surface area contributed by atoms with Crippen LogP contribution in [0.1, 0.15) is 29.4 Å². The third kappa shape index (κ3) is 2.75. The summed E-state index contributed by atoms with van der Waals surface area (Å²) in [6.45, 7) is 2.80. The van der Waals surface area contributed by atoms with Gasteiger partial charge >= 0.3 is 0 Å². The van der Waals surface area contributed by atoms with Crippen molar-refractivity contribution in [1.29, 1.82) is 0 Å². The maximum Gasteiger partial charge on any atom is 0.212 e. The number of benzene rings is 1. The molecule has 1 aromatic heterocycles. The molecule has 0 saturated heterocycles. The van der Waals surface area contributed by atoms with Crippen LogP contribution >= 0.6 is 34.2 Å². The second-order valence-electron chi connectivity index (χ2n) is 3.89. The lowest BCUT2D eigenvalue weighted by molar-refractivity contribution is 0.102. The standard InChI is InChI=1S/C13H12ClIN2O/c1-2-7-17-12(5-6-16-17)13(18)10-8-9(14)3-4-11(10)15/h3-6,8H,2,7H2,1H3. The first kappa shape index (κ1) is 13.5. The van der Waals surface area contributed by atoms with Gasteiger partial charge < -0.3 is 0 Å². The van der Waals surface area contributed by atoms with Gasteiger partial charge in [-0.1, -0.05) is 18.5 Å². The molecule has 5 heteroatoms. The first-order valence-corrected chi connectivity index (χ1v) is 7.10. The molecular weight excluding hydrogens is 363 g/mol. The quantitative estimate of drug-likeness (QED) is 0.603. The van der Waals surface area contributed by atoms with E-state index in [0.29, 0.717) is 16.3 Å². The van der Waals surface area contributed by atoms with Crippen molar-refractivity contribution >= 4 is 40.0 Å². The van der Waals surface area contributed by atoms with Crippen LogP contribution in [0, 0.1) is 3.57 Å². The van der Waals surface area contributed by atoms with Crippen molar-refractivity contribution in [2.45, 2.75) is 19.9 Å². The minimum absolute atomic E-state index is 0.0344. The Morgan fingerprint density at radius 1 is 1.44 bits per heavy atom. The van der Waals surface area contributed by atoms with Gasteiger partial charge in [0, 0.05) is 26.9 Å². The maximum absolute atomic E-state index is 12.5. The number of halogens is 2. The largest absolute Gasteiger partial charge is 0.287 e. The van der Waals surface area contributed by atoms with Gasteiger partial charge in [0.15, 0.2) is 0 Å². The van der Waals surface area contributed by atoms with E-state index in [0.717, 1.165) is 16.5 Å². The Labute approximate surface area is 124 Å². The lowest BCUT2D eigenvalue weighted by atomic mass is 10.1. The molecule has 94 valence electrons. The lowest BCUT2D eigenvalue weighted by Crippen LogP contribution is -2.12. The van der Waals surface area contributed by atoms with Gasteiger partial charge in [0.25, 0.3) is 0 Å². The predicted octanol–water partition coefficient (Wildman–Crippen LogP) is 3.78. The fourth-order valence-corrected chi connectivity index (χ4v) is 2.48. The highest BCUT2D eigenvalue weighted by Crippen LogP contribution is 2.21. The van der Waals surface area contributed by atoms with E-state index in [1.807, 2.05) is 6.07 Å². The van der Waals surface area contributed by atoms with Gasteiger partial charge in [-0.3, -0.25) is 9.48 Å². The third-order valence-corrected chi connectivity index (χ3v) is 3.73. The van der Waals surface area contributed by atoms with E-state index in [9.17, 15) is 4.79 Å². The molecule has 18 heavy (non-hydrogen) atoms. The second kappa shape index (κ2) is 5.84. The number of carbonyl (C=O) groups excluding carboxylic acids is 1. The summed E-state index contributed by atoms with van der Waals surface area (Å²) in [6.07, 6.45) is 2.59. The molecule has 0 N–H and O–H groups in total. The van der Waals surface area contributed by atoms with Crippen LogP contribution in [0.15, 0.2) is 30.5 Å². The summed E-state index contributed by atoms with van der Waals surface area (Å²) in [6, 6.07) is 7.07. The minimum Gasteiger partial charge on any atom is -0.287 e.